The molecule has 0 saturated carbocycles. The number of esters is 1. The van der Waals surface area contributed by atoms with E-state index in [9.17, 15) is 13.2 Å². The molecule has 0 amide bonds. The first-order valence-corrected chi connectivity index (χ1v) is 9.00. The average molecular weight is 376 g/mol. The monoisotopic (exact) mass is 376 g/mol. The third kappa shape index (κ3) is 3.59. The summed E-state index contributed by atoms with van der Waals surface area (Å²) in [6.45, 7) is -0.125. The van der Waals surface area contributed by atoms with Gasteiger partial charge < -0.3 is 9.15 Å². The number of hydroxylamine groups is 1. The van der Waals surface area contributed by atoms with Crippen LogP contribution in [0.3, 0.4) is 0 Å². The van der Waals surface area contributed by atoms with Crippen LogP contribution < -0.4 is 0 Å². The standard InChI is InChI=1S/C17H16N2O6S/c1-19(23-2)26(21,22)13-9-7-12(8-10-13)17(20)24-11-16-18-14-5-3-4-6-15(14)25-16/h3-10H,11H2,1-2H3. The Morgan fingerprint density at radius 1 is 1.15 bits per heavy atom. The Morgan fingerprint density at radius 2 is 1.85 bits per heavy atom. The maximum Gasteiger partial charge on any atom is 0.338 e. The molecule has 0 atom stereocenters. The van der Waals surface area contributed by atoms with E-state index in [0.29, 0.717) is 11.1 Å². The van der Waals surface area contributed by atoms with Crippen LogP contribution in [-0.4, -0.2) is 38.0 Å². The lowest BCUT2D eigenvalue weighted by Crippen LogP contribution is -2.25. The van der Waals surface area contributed by atoms with Crippen LogP contribution >= 0.6 is 0 Å². The number of carbonyl (C=O) groups excluding carboxylic acids is 1. The quantitative estimate of drug-likeness (QED) is 0.481. The molecule has 9 heteroatoms. The van der Waals surface area contributed by atoms with Gasteiger partial charge in [0.1, 0.15) is 5.52 Å². The third-order valence-corrected chi connectivity index (χ3v) is 5.34. The van der Waals surface area contributed by atoms with Crippen molar-refractivity contribution in [1.29, 1.82) is 0 Å². The molecule has 3 rings (SSSR count). The second-order valence-corrected chi connectivity index (χ2v) is 7.21. The molecular weight excluding hydrogens is 360 g/mol. The highest BCUT2D eigenvalue weighted by atomic mass is 32.2. The molecule has 0 bridgehead atoms. The zero-order chi connectivity index (χ0) is 18.7. The summed E-state index contributed by atoms with van der Waals surface area (Å²) < 4.78 is 35.6. The molecule has 0 spiro atoms. The van der Waals surface area contributed by atoms with Gasteiger partial charge in [0, 0.05) is 7.05 Å². The van der Waals surface area contributed by atoms with E-state index in [0.717, 1.165) is 4.47 Å². The summed E-state index contributed by atoms with van der Waals surface area (Å²) in [7, 11) is -1.25. The molecule has 0 aliphatic carbocycles. The molecule has 1 heterocycles. The smallest absolute Gasteiger partial charge is 0.338 e. The first-order chi connectivity index (χ1) is 12.4. The summed E-state index contributed by atoms with van der Waals surface area (Å²) in [4.78, 5) is 21.0. The van der Waals surface area contributed by atoms with Crippen LogP contribution in [0.15, 0.2) is 57.8 Å². The van der Waals surface area contributed by atoms with Crippen molar-refractivity contribution < 1.29 is 27.2 Å². The van der Waals surface area contributed by atoms with Crippen LogP contribution in [0, 0.1) is 0 Å². The van der Waals surface area contributed by atoms with Crippen molar-refractivity contribution in [1.82, 2.24) is 9.45 Å². The van der Waals surface area contributed by atoms with E-state index >= 15 is 0 Å². The van der Waals surface area contributed by atoms with Crippen molar-refractivity contribution in [3.05, 3.63) is 60.0 Å². The van der Waals surface area contributed by atoms with Gasteiger partial charge in [-0.25, -0.2) is 18.2 Å². The van der Waals surface area contributed by atoms with Gasteiger partial charge in [-0.2, -0.15) is 0 Å². The SMILES string of the molecule is CON(C)S(=O)(=O)c1ccc(C(=O)OCc2nc3ccccc3o2)cc1. The number of carbonyl (C=O) groups is 1. The molecule has 26 heavy (non-hydrogen) atoms. The Hall–Kier alpha value is -2.75. The summed E-state index contributed by atoms with van der Waals surface area (Å²) >= 11 is 0. The Kier molecular flexibility index (Phi) is 5.03. The van der Waals surface area contributed by atoms with E-state index in [1.165, 1.54) is 38.4 Å². The number of benzene rings is 2. The van der Waals surface area contributed by atoms with Gasteiger partial charge in [0.05, 0.1) is 17.6 Å². The van der Waals surface area contributed by atoms with Crippen LogP contribution in [0.1, 0.15) is 16.2 Å². The first-order valence-electron chi connectivity index (χ1n) is 7.56. The number of aromatic nitrogens is 1. The molecule has 1 aromatic heterocycles. The third-order valence-electron chi connectivity index (χ3n) is 3.65. The molecule has 0 fully saturated rings. The highest BCUT2D eigenvalue weighted by Gasteiger charge is 2.21. The molecule has 0 N–H and O–H groups in total. The fourth-order valence-corrected chi connectivity index (χ4v) is 3.17. The summed E-state index contributed by atoms with van der Waals surface area (Å²) in [5.74, 6) is -0.336. The molecular formula is C17H16N2O6S. The minimum atomic E-state index is -3.77. The highest BCUT2D eigenvalue weighted by Crippen LogP contribution is 2.17. The second kappa shape index (κ2) is 7.24. The zero-order valence-corrected chi connectivity index (χ0v) is 14.9. The summed E-state index contributed by atoms with van der Waals surface area (Å²) in [5.41, 5.74) is 1.49. The number of fused-ring (bicyclic) bond motifs is 1. The van der Waals surface area contributed by atoms with Gasteiger partial charge in [-0.1, -0.05) is 16.6 Å². The number of hydrogen-bond acceptors (Lipinski definition) is 7. The first kappa shape index (κ1) is 18.1. The number of rotatable bonds is 6. The van der Waals surface area contributed by atoms with E-state index in [4.69, 9.17) is 14.0 Å². The van der Waals surface area contributed by atoms with E-state index in [1.807, 2.05) is 12.1 Å². The van der Waals surface area contributed by atoms with Gasteiger partial charge in [-0.15, -0.1) is 0 Å². The van der Waals surface area contributed by atoms with Crippen LogP contribution in [0.4, 0.5) is 0 Å². The maximum atomic E-state index is 12.1. The summed E-state index contributed by atoms with van der Waals surface area (Å²) in [6.07, 6.45) is 0. The molecule has 3 aromatic rings. The molecule has 2 aromatic carbocycles. The normalized spacial score (nSPS) is 11.8. The minimum absolute atomic E-state index is 0.00245. The molecule has 0 aliphatic heterocycles. The van der Waals surface area contributed by atoms with Crippen molar-refractivity contribution in [2.45, 2.75) is 11.5 Å². The predicted molar refractivity (Wildman–Crippen MR) is 91.5 cm³/mol. The maximum absolute atomic E-state index is 12.1. The van der Waals surface area contributed by atoms with Crippen LogP contribution in [0.2, 0.25) is 0 Å². The number of hydrogen-bond donors (Lipinski definition) is 0. The number of nitrogens with zero attached hydrogens (tertiary/aromatic N) is 2. The number of ether oxygens (including phenoxy) is 1. The van der Waals surface area contributed by atoms with E-state index < -0.39 is 16.0 Å². The molecule has 0 radical (unpaired) electrons. The van der Waals surface area contributed by atoms with Gasteiger partial charge in [-0.3, -0.25) is 4.84 Å². The fraction of sp³-hybridized carbons (Fsp3) is 0.176. The molecule has 0 aliphatic rings. The van der Waals surface area contributed by atoms with E-state index in [-0.39, 0.29) is 23.0 Å². The lowest BCUT2D eigenvalue weighted by atomic mass is 10.2. The van der Waals surface area contributed by atoms with Gasteiger partial charge in [0.25, 0.3) is 10.0 Å². The Bertz CT molecular complexity index is 994. The fourth-order valence-electron chi connectivity index (χ4n) is 2.20. The Labute approximate surface area is 150 Å². The lowest BCUT2D eigenvalue weighted by Gasteiger charge is -2.14. The molecule has 136 valence electrons. The number of oxazole rings is 1. The molecule has 8 nitrogen and oxygen atoms in total. The molecule has 0 saturated heterocycles. The van der Waals surface area contributed by atoms with Gasteiger partial charge >= 0.3 is 5.97 Å². The zero-order valence-electron chi connectivity index (χ0n) is 14.1. The highest BCUT2D eigenvalue weighted by molar-refractivity contribution is 7.89. The second-order valence-electron chi connectivity index (χ2n) is 5.27. The number of sulfonamides is 1. The Morgan fingerprint density at radius 3 is 2.50 bits per heavy atom. The van der Waals surface area contributed by atoms with Gasteiger partial charge in [-0.05, 0) is 36.4 Å². The summed E-state index contributed by atoms with van der Waals surface area (Å²) in [5, 5.41) is 0. The predicted octanol–water partition coefficient (Wildman–Crippen LogP) is 2.37. The van der Waals surface area contributed by atoms with Gasteiger partial charge in [0.2, 0.25) is 5.89 Å². The number of para-hydroxylation sites is 2. The van der Waals surface area contributed by atoms with E-state index in [2.05, 4.69) is 4.98 Å². The topological polar surface area (TPSA) is 98.9 Å². The van der Waals surface area contributed by atoms with E-state index in [1.54, 1.807) is 12.1 Å². The van der Waals surface area contributed by atoms with Crippen molar-refractivity contribution in [3.8, 4) is 0 Å². The van der Waals surface area contributed by atoms with Crippen molar-refractivity contribution in [3.63, 3.8) is 0 Å². The largest absolute Gasteiger partial charge is 0.452 e. The molecule has 0 unspecified atom stereocenters. The van der Waals surface area contributed by atoms with Gasteiger partial charge in [0.15, 0.2) is 12.2 Å². The van der Waals surface area contributed by atoms with Crippen LogP contribution in [-0.2, 0) is 26.2 Å². The van der Waals surface area contributed by atoms with Crippen molar-refractivity contribution in [2.24, 2.45) is 0 Å². The van der Waals surface area contributed by atoms with Crippen LogP contribution in [0.25, 0.3) is 11.1 Å². The summed E-state index contributed by atoms with van der Waals surface area (Å²) in [6, 6.07) is 12.6. The van der Waals surface area contributed by atoms with Crippen LogP contribution in [0.5, 0.6) is 0 Å². The average Bonchev–Trinajstić information content (AvgIpc) is 3.08. The minimum Gasteiger partial charge on any atom is -0.452 e. The Balaban J connectivity index is 1.68. The van der Waals surface area contributed by atoms with Crippen molar-refractivity contribution >= 4 is 27.1 Å². The van der Waals surface area contributed by atoms with Crippen molar-refractivity contribution in [2.75, 3.05) is 14.2 Å². The lowest BCUT2D eigenvalue weighted by molar-refractivity contribution is -0.0258.